The van der Waals surface area contributed by atoms with Gasteiger partial charge in [-0.3, -0.25) is 4.79 Å². The van der Waals surface area contributed by atoms with Gasteiger partial charge >= 0.3 is 5.63 Å². The maximum Gasteiger partial charge on any atom is 0.350 e. The first-order valence-corrected chi connectivity index (χ1v) is 6.21. The molecule has 0 aromatic carbocycles. The monoisotopic (exact) mass is 264 g/mol. The molecule has 94 valence electrons. The third-order valence-electron chi connectivity index (χ3n) is 2.46. The van der Waals surface area contributed by atoms with E-state index in [9.17, 15) is 14.7 Å². The third-order valence-corrected chi connectivity index (χ3v) is 3.46. The standard InChI is InChI=1S/C13H12O4S/c1-7-5-10(14)12(13(16)17-7)11(15)6-9-4-3-8(2)18-9/h3-5,14H,6H2,1-2H3. The zero-order chi connectivity index (χ0) is 13.3. The summed E-state index contributed by atoms with van der Waals surface area (Å²) in [6.45, 7) is 3.48. The van der Waals surface area contributed by atoms with Crippen LogP contribution in [-0.2, 0) is 6.42 Å². The summed E-state index contributed by atoms with van der Waals surface area (Å²) in [4.78, 5) is 25.5. The third kappa shape index (κ3) is 2.51. The SMILES string of the molecule is Cc1cc(O)c(C(=O)Cc2ccc(C)s2)c(=O)o1. The van der Waals surface area contributed by atoms with Crippen molar-refractivity contribution in [3.05, 3.63) is 49.7 Å². The second-order valence-electron chi connectivity index (χ2n) is 4.02. The molecule has 0 spiro atoms. The van der Waals surface area contributed by atoms with Gasteiger partial charge in [0, 0.05) is 22.2 Å². The van der Waals surface area contributed by atoms with Crippen LogP contribution in [0.15, 0.2) is 27.4 Å². The molecule has 0 atom stereocenters. The van der Waals surface area contributed by atoms with Gasteiger partial charge in [0.1, 0.15) is 17.1 Å². The van der Waals surface area contributed by atoms with Crippen LogP contribution in [0.5, 0.6) is 5.75 Å². The van der Waals surface area contributed by atoms with Crippen LogP contribution in [0.4, 0.5) is 0 Å². The molecule has 0 saturated carbocycles. The number of Topliss-reactive ketones (excluding diaryl/α,β-unsaturated/α-hetero) is 1. The number of carbonyl (C=O) groups excluding carboxylic acids is 1. The van der Waals surface area contributed by atoms with Crippen molar-refractivity contribution in [1.29, 1.82) is 0 Å². The van der Waals surface area contributed by atoms with Gasteiger partial charge in [0.2, 0.25) is 0 Å². The molecule has 0 bridgehead atoms. The van der Waals surface area contributed by atoms with Gasteiger partial charge in [-0.05, 0) is 26.0 Å². The Balaban J connectivity index is 2.32. The van der Waals surface area contributed by atoms with Crippen LogP contribution >= 0.6 is 11.3 Å². The molecule has 4 nitrogen and oxygen atoms in total. The van der Waals surface area contributed by atoms with E-state index in [4.69, 9.17) is 4.42 Å². The van der Waals surface area contributed by atoms with Crippen molar-refractivity contribution in [2.24, 2.45) is 0 Å². The zero-order valence-electron chi connectivity index (χ0n) is 10.0. The summed E-state index contributed by atoms with van der Waals surface area (Å²) in [6, 6.07) is 5.02. The van der Waals surface area contributed by atoms with Gasteiger partial charge in [0.05, 0.1) is 0 Å². The molecule has 1 N–H and O–H groups in total. The van der Waals surface area contributed by atoms with E-state index in [2.05, 4.69) is 0 Å². The van der Waals surface area contributed by atoms with E-state index in [1.54, 1.807) is 0 Å². The van der Waals surface area contributed by atoms with Crippen molar-refractivity contribution in [1.82, 2.24) is 0 Å². The molecule has 18 heavy (non-hydrogen) atoms. The number of aromatic hydroxyl groups is 1. The fourth-order valence-corrected chi connectivity index (χ4v) is 2.57. The summed E-state index contributed by atoms with van der Waals surface area (Å²) < 4.78 is 4.82. The van der Waals surface area contributed by atoms with E-state index in [-0.39, 0.29) is 23.5 Å². The highest BCUT2D eigenvalue weighted by atomic mass is 32.1. The molecule has 2 aromatic rings. The minimum atomic E-state index is -0.786. The van der Waals surface area contributed by atoms with Crippen molar-refractivity contribution in [3.8, 4) is 5.75 Å². The second kappa shape index (κ2) is 4.78. The van der Waals surface area contributed by atoms with Gasteiger partial charge in [-0.1, -0.05) is 0 Å². The van der Waals surface area contributed by atoms with Crippen LogP contribution in [0.2, 0.25) is 0 Å². The first-order valence-electron chi connectivity index (χ1n) is 5.39. The maximum absolute atomic E-state index is 12.0. The summed E-state index contributed by atoms with van der Waals surface area (Å²) in [6.07, 6.45) is 0.0971. The second-order valence-corrected chi connectivity index (χ2v) is 5.39. The number of hydrogen-bond acceptors (Lipinski definition) is 5. The van der Waals surface area contributed by atoms with Crippen LogP contribution in [-0.4, -0.2) is 10.9 Å². The number of aryl methyl sites for hydroxylation is 2. The van der Waals surface area contributed by atoms with E-state index in [0.717, 1.165) is 9.75 Å². The number of rotatable bonds is 3. The molecule has 0 amide bonds. The molecule has 5 heteroatoms. The van der Waals surface area contributed by atoms with Crippen molar-refractivity contribution < 1.29 is 14.3 Å². The predicted molar refractivity (Wildman–Crippen MR) is 68.5 cm³/mol. The Morgan fingerprint density at radius 2 is 2.11 bits per heavy atom. The lowest BCUT2D eigenvalue weighted by atomic mass is 10.1. The maximum atomic E-state index is 12.0. The van der Waals surface area contributed by atoms with Crippen molar-refractivity contribution in [3.63, 3.8) is 0 Å². The van der Waals surface area contributed by atoms with Crippen LogP contribution < -0.4 is 5.63 Å². The van der Waals surface area contributed by atoms with Crippen LogP contribution in [0, 0.1) is 13.8 Å². The Kier molecular flexibility index (Phi) is 3.34. The van der Waals surface area contributed by atoms with E-state index >= 15 is 0 Å². The summed E-state index contributed by atoms with van der Waals surface area (Å²) >= 11 is 1.49. The molecule has 0 aliphatic heterocycles. The fraction of sp³-hybridized carbons (Fsp3) is 0.231. The number of thiophene rings is 1. The molecular weight excluding hydrogens is 252 g/mol. The van der Waals surface area contributed by atoms with Crippen LogP contribution in [0.1, 0.15) is 25.9 Å². The van der Waals surface area contributed by atoms with Gasteiger partial charge in [-0.15, -0.1) is 11.3 Å². The molecule has 0 saturated heterocycles. The first kappa shape index (κ1) is 12.6. The normalized spacial score (nSPS) is 10.6. The topological polar surface area (TPSA) is 67.5 Å². The molecular formula is C13H12O4S. The first-order chi connectivity index (χ1) is 8.47. The molecule has 0 radical (unpaired) electrons. The Bertz CT molecular complexity index is 651. The molecule has 0 aliphatic rings. The van der Waals surface area contributed by atoms with E-state index in [0.29, 0.717) is 0 Å². The Labute approximate surface area is 108 Å². The average molecular weight is 264 g/mol. The molecule has 2 rings (SSSR count). The highest BCUT2D eigenvalue weighted by Gasteiger charge is 2.18. The lowest BCUT2D eigenvalue weighted by Gasteiger charge is -2.01. The number of carbonyl (C=O) groups is 1. The van der Waals surface area contributed by atoms with E-state index in [1.165, 1.54) is 24.3 Å². The Morgan fingerprint density at radius 1 is 1.39 bits per heavy atom. The minimum Gasteiger partial charge on any atom is -0.507 e. The van der Waals surface area contributed by atoms with Crippen LogP contribution in [0.3, 0.4) is 0 Å². The lowest BCUT2D eigenvalue weighted by molar-refractivity contribution is 0.0987. The lowest BCUT2D eigenvalue weighted by Crippen LogP contribution is -2.16. The molecule has 2 heterocycles. The number of hydrogen-bond donors (Lipinski definition) is 1. The van der Waals surface area contributed by atoms with Gasteiger partial charge in [-0.2, -0.15) is 0 Å². The Morgan fingerprint density at radius 3 is 2.67 bits per heavy atom. The van der Waals surface area contributed by atoms with Gasteiger partial charge in [-0.25, -0.2) is 4.79 Å². The van der Waals surface area contributed by atoms with Crippen molar-refractivity contribution in [2.45, 2.75) is 20.3 Å². The van der Waals surface area contributed by atoms with Gasteiger partial charge in [0.15, 0.2) is 5.78 Å². The Hall–Kier alpha value is -1.88. The quantitative estimate of drug-likeness (QED) is 0.865. The summed E-state index contributed by atoms with van der Waals surface area (Å²) in [5.41, 5.74) is -1.06. The van der Waals surface area contributed by atoms with Gasteiger partial charge < -0.3 is 9.52 Å². The smallest absolute Gasteiger partial charge is 0.350 e. The fourth-order valence-electron chi connectivity index (χ4n) is 1.68. The average Bonchev–Trinajstić information content (AvgIpc) is 2.62. The summed E-state index contributed by atoms with van der Waals surface area (Å²) in [5.74, 6) is -0.467. The molecule has 0 fully saturated rings. The minimum absolute atomic E-state index is 0.0971. The highest BCUT2D eigenvalue weighted by Crippen LogP contribution is 2.20. The van der Waals surface area contributed by atoms with Crippen molar-refractivity contribution in [2.75, 3.05) is 0 Å². The van der Waals surface area contributed by atoms with E-state index in [1.807, 2.05) is 19.1 Å². The zero-order valence-corrected chi connectivity index (χ0v) is 10.8. The highest BCUT2D eigenvalue weighted by molar-refractivity contribution is 7.12. The summed E-state index contributed by atoms with van der Waals surface area (Å²) in [5, 5.41) is 9.65. The predicted octanol–water partition coefficient (Wildman–Crippen LogP) is 2.45. The molecule has 0 unspecified atom stereocenters. The molecule has 2 aromatic heterocycles. The van der Waals surface area contributed by atoms with Gasteiger partial charge in [0.25, 0.3) is 0 Å². The summed E-state index contributed by atoms with van der Waals surface area (Å²) in [7, 11) is 0. The largest absolute Gasteiger partial charge is 0.507 e. The van der Waals surface area contributed by atoms with Crippen molar-refractivity contribution >= 4 is 17.1 Å². The van der Waals surface area contributed by atoms with Crippen LogP contribution in [0.25, 0.3) is 0 Å². The number of ketones is 1. The molecule has 0 aliphatic carbocycles. The van der Waals surface area contributed by atoms with E-state index < -0.39 is 11.4 Å².